The summed E-state index contributed by atoms with van der Waals surface area (Å²) in [6.45, 7) is 0.264. The molecule has 0 fully saturated rings. The second-order valence-corrected chi connectivity index (χ2v) is 10.7. The summed E-state index contributed by atoms with van der Waals surface area (Å²) in [5, 5.41) is 11.9. The van der Waals surface area contributed by atoms with Crippen LogP contribution in [0.4, 0.5) is 8.78 Å². The standard InChI is InChI=1S/C33H29BrF2N2O4/c34-28-10-5-4-9-27(28)30-33(20-22-7-2-1-3-8-22,32(40)37-21-24-11-14-25(35)19-29(24)36)38-31(42-30)23-12-15-26(16-13-23)41-18-6-17-39/h1-5,7-16,19,30,39H,6,17-18,20-21H2,(H,37,40)/t30-,33-/m1/s1. The molecule has 6 nitrogen and oxygen atoms in total. The largest absolute Gasteiger partial charge is 0.494 e. The van der Waals surface area contributed by atoms with Gasteiger partial charge in [0.2, 0.25) is 5.90 Å². The summed E-state index contributed by atoms with van der Waals surface area (Å²) < 4.78 is 40.9. The lowest BCUT2D eigenvalue weighted by Crippen LogP contribution is -2.49. The molecular formula is C33H29BrF2N2O4. The second kappa shape index (κ2) is 13.3. The minimum atomic E-state index is -1.46. The van der Waals surface area contributed by atoms with Crippen molar-refractivity contribution in [3.63, 3.8) is 0 Å². The van der Waals surface area contributed by atoms with E-state index in [-0.39, 0.29) is 31.0 Å². The lowest BCUT2D eigenvalue weighted by atomic mass is 9.82. The fourth-order valence-electron chi connectivity index (χ4n) is 4.85. The van der Waals surface area contributed by atoms with E-state index in [9.17, 15) is 13.6 Å². The van der Waals surface area contributed by atoms with Gasteiger partial charge < -0.3 is 19.9 Å². The molecule has 1 amide bonds. The average Bonchev–Trinajstić information content (AvgIpc) is 3.38. The highest BCUT2D eigenvalue weighted by Gasteiger charge is 2.53. The Hall–Kier alpha value is -4.08. The number of carbonyl (C=O) groups excluding carboxylic acids is 1. The van der Waals surface area contributed by atoms with E-state index >= 15 is 0 Å². The van der Waals surface area contributed by atoms with Crippen LogP contribution in [-0.4, -0.2) is 35.7 Å². The van der Waals surface area contributed by atoms with Crippen molar-refractivity contribution in [1.82, 2.24) is 5.32 Å². The zero-order valence-corrected chi connectivity index (χ0v) is 24.2. The molecule has 9 heteroatoms. The number of ether oxygens (including phenoxy) is 2. The predicted octanol–water partition coefficient (Wildman–Crippen LogP) is 6.30. The minimum Gasteiger partial charge on any atom is -0.494 e. The molecule has 0 saturated heterocycles. The molecule has 4 aromatic carbocycles. The molecule has 0 radical (unpaired) electrons. The number of nitrogens with zero attached hydrogens (tertiary/aromatic N) is 1. The Bertz CT molecular complexity index is 1570. The van der Waals surface area contributed by atoms with Gasteiger partial charge in [-0.05, 0) is 42.0 Å². The normalized spacial score (nSPS) is 17.8. The lowest BCUT2D eigenvalue weighted by Gasteiger charge is -2.31. The Morgan fingerprint density at radius 2 is 1.74 bits per heavy atom. The number of aliphatic hydroxyl groups is 1. The molecule has 0 saturated carbocycles. The topological polar surface area (TPSA) is 80.2 Å². The molecule has 216 valence electrons. The Balaban J connectivity index is 1.55. The summed E-state index contributed by atoms with van der Waals surface area (Å²) in [5.74, 6) is -1.00. The van der Waals surface area contributed by atoms with Gasteiger partial charge in [0.1, 0.15) is 17.4 Å². The van der Waals surface area contributed by atoms with Crippen molar-refractivity contribution in [2.75, 3.05) is 13.2 Å². The number of carbonyl (C=O) groups is 1. The first-order valence-electron chi connectivity index (χ1n) is 13.5. The van der Waals surface area contributed by atoms with Crippen molar-refractivity contribution in [2.24, 2.45) is 4.99 Å². The van der Waals surface area contributed by atoms with Gasteiger partial charge in [-0.15, -0.1) is 0 Å². The van der Waals surface area contributed by atoms with Crippen LogP contribution < -0.4 is 10.1 Å². The third kappa shape index (κ3) is 6.53. The Morgan fingerprint density at radius 3 is 2.45 bits per heavy atom. The SMILES string of the molecule is O=C(NCc1ccc(F)cc1F)[C@]1(Cc2ccccc2)N=C(c2ccc(OCCCO)cc2)O[C@@H]1c1ccccc1Br. The van der Waals surface area contributed by atoms with E-state index in [0.717, 1.165) is 27.7 Å². The van der Waals surface area contributed by atoms with Gasteiger partial charge >= 0.3 is 0 Å². The molecule has 0 unspecified atom stereocenters. The molecule has 0 aliphatic carbocycles. The van der Waals surface area contributed by atoms with Crippen LogP contribution in [0.1, 0.15) is 34.8 Å². The van der Waals surface area contributed by atoms with Crippen molar-refractivity contribution in [1.29, 1.82) is 0 Å². The van der Waals surface area contributed by atoms with E-state index in [4.69, 9.17) is 19.6 Å². The predicted molar refractivity (Wildman–Crippen MR) is 159 cm³/mol. The van der Waals surface area contributed by atoms with Gasteiger partial charge in [0.05, 0.1) is 6.61 Å². The van der Waals surface area contributed by atoms with E-state index in [2.05, 4.69) is 21.2 Å². The van der Waals surface area contributed by atoms with Gasteiger partial charge in [-0.2, -0.15) is 0 Å². The molecule has 4 aromatic rings. The van der Waals surface area contributed by atoms with Crippen molar-refractivity contribution in [2.45, 2.75) is 31.0 Å². The number of rotatable bonds is 11. The quantitative estimate of drug-likeness (QED) is 0.190. The highest BCUT2D eigenvalue weighted by Crippen LogP contribution is 2.44. The third-order valence-corrected chi connectivity index (χ3v) is 7.71. The van der Waals surface area contributed by atoms with Crippen LogP contribution in [0, 0.1) is 11.6 Å². The maximum atomic E-state index is 14.5. The molecule has 2 N–H and O–H groups in total. The minimum absolute atomic E-state index is 0.0402. The van der Waals surface area contributed by atoms with Gasteiger partial charge in [-0.1, -0.05) is 70.5 Å². The van der Waals surface area contributed by atoms with Crippen LogP contribution in [0.15, 0.2) is 107 Å². The number of halogens is 3. The lowest BCUT2D eigenvalue weighted by molar-refractivity contribution is -0.129. The summed E-state index contributed by atoms with van der Waals surface area (Å²) in [4.78, 5) is 19.2. The summed E-state index contributed by atoms with van der Waals surface area (Å²) in [5.41, 5.74) is 0.914. The van der Waals surface area contributed by atoms with E-state index in [1.54, 1.807) is 24.3 Å². The zero-order chi connectivity index (χ0) is 29.5. The van der Waals surface area contributed by atoms with Gasteiger partial charge in [0.15, 0.2) is 11.6 Å². The van der Waals surface area contributed by atoms with Crippen molar-refractivity contribution in [3.8, 4) is 5.75 Å². The summed E-state index contributed by atoms with van der Waals surface area (Å²) in [7, 11) is 0. The van der Waals surface area contributed by atoms with E-state index in [1.807, 2.05) is 54.6 Å². The number of hydrogen-bond acceptors (Lipinski definition) is 5. The fraction of sp³-hybridized carbons (Fsp3) is 0.212. The molecule has 1 heterocycles. The highest BCUT2D eigenvalue weighted by atomic mass is 79.9. The molecule has 1 aliphatic rings. The zero-order valence-electron chi connectivity index (χ0n) is 22.6. The van der Waals surface area contributed by atoms with Crippen LogP contribution in [-0.2, 0) is 22.5 Å². The van der Waals surface area contributed by atoms with Gasteiger partial charge in [-0.3, -0.25) is 4.79 Å². The van der Waals surface area contributed by atoms with Gasteiger partial charge in [-0.25, -0.2) is 13.8 Å². The van der Waals surface area contributed by atoms with E-state index < -0.39 is 29.2 Å². The van der Waals surface area contributed by atoms with Crippen molar-refractivity contribution >= 4 is 27.7 Å². The number of amides is 1. The molecule has 42 heavy (non-hydrogen) atoms. The Morgan fingerprint density at radius 1 is 1.00 bits per heavy atom. The Kier molecular flexibility index (Phi) is 9.29. The van der Waals surface area contributed by atoms with E-state index in [0.29, 0.717) is 24.3 Å². The first-order chi connectivity index (χ1) is 20.4. The van der Waals surface area contributed by atoms with Gasteiger partial charge in [0, 0.05) is 53.2 Å². The molecule has 0 spiro atoms. The van der Waals surface area contributed by atoms with E-state index in [1.165, 1.54) is 6.07 Å². The second-order valence-electron chi connectivity index (χ2n) is 9.89. The van der Waals surface area contributed by atoms with Crippen LogP contribution in [0.5, 0.6) is 5.75 Å². The first kappa shape index (κ1) is 29.4. The van der Waals surface area contributed by atoms with Crippen LogP contribution in [0.25, 0.3) is 0 Å². The number of aliphatic hydroxyl groups excluding tert-OH is 1. The number of hydrogen-bond donors (Lipinski definition) is 2. The molecule has 2 atom stereocenters. The van der Waals surface area contributed by atoms with Crippen molar-refractivity contribution in [3.05, 3.63) is 135 Å². The summed E-state index contributed by atoms with van der Waals surface area (Å²) >= 11 is 3.62. The third-order valence-electron chi connectivity index (χ3n) is 6.99. The van der Waals surface area contributed by atoms with Crippen molar-refractivity contribution < 1.29 is 28.2 Å². The maximum absolute atomic E-state index is 14.5. The Labute approximate surface area is 251 Å². The molecule has 0 aromatic heterocycles. The number of aliphatic imine (C=N–C) groups is 1. The number of benzene rings is 4. The molecule has 5 rings (SSSR count). The number of nitrogens with one attached hydrogen (secondary N) is 1. The monoisotopic (exact) mass is 634 g/mol. The molecule has 1 aliphatic heterocycles. The van der Waals surface area contributed by atoms with Crippen LogP contribution >= 0.6 is 15.9 Å². The molecule has 0 bridgehead atoms. The molecular weight excluding hydrogens is 606 g/mol. The highest BCUT2D eigenvalue weighted by molar-refractivity contribution is 9.10. The summed E-state index contributed by atoms with van der Waals surface area (Å²) in [6.07, 6.45) is -0.116. The van der Waals surface area contributed by atoms with Crippen LogP contribution in [0.3, 0.4) is 0 Å². The summed E-state index contributed by atoms with van der Waals surface area (Å²) in [6, 6.07) is 27.4. The first-order valence-corrected chi connectivity index (χ1v) is 14.3. The fourth-order valence-corrected chi connectivity index (χ4v) is 5.34. The smallest absolute Gasteiger partial charge is 0.252 e. The average molecular weight is 636 g/mol. The maximum Gasteiger partial charge on any atom is 0.252 e. The van der Waals surface area contributed by atoms with Crippen LogP contribution in [0.2, 0.25) is 0 Å². The van der Waals surface area contributed by atoms with Gasteiger partial charge in [0.25, 0.3) is 5.91 Å².